The van der Waals surface area contributed by atoms with Crippen molar-refractivity contribution in [2.75, 3.05) is 14.2 Å². The van der Waals surface area contributed by atoms with Crippen molar-refractivity contribution in [1.82, 2.24) is 9.94 Å². The van der Waals surface area contributed by atoms with E-state index in [-0.39, 0.29) is 0 Å². The summed E-state index contributed by atoms with van der Waals surface area (Å²) in [4.78, 5) is 18.5. The van der Waals surface area contributed by atoms with E-state index in [1.54, 1.807) is 12.3 Å². The van der Waals surface area contributed by atoms with Gasteiger partial charge in [0.05, 0.1) is 30.1 Å². The third-order valence-electron chi connectivity index (χ3n) is 4.73. The van der Waals surface area contributed by atoms with E-state index in [0.29, 0.717) is 11.1 Å². The summed E-state index contributed by atoms with van der Waals surface area (Å²) in [5, 5.41) is 4.98. The predicted octanol–water partition coefficient (Wildman–Crippen LogP) is 1.18. The molecule has 3 rings (SSSR count). The van der Waals surface area contributed by atoms with Crippen LogP contribution in [0.25, 0.3) is 10.9 Å². The van der Waals surface area contributed by atoms with Crippen LogP contribution in [0.15, 0.2) is 18.3 Å². The Morgan fingerprint density at radius 3 is 2.33 bits per heavy atom. The summed E-state index contributed by atoms with van der Waals surface area (Å²) in [7, 11) is 2.26. The van der Waals surface area contributed by atoms with E-state index in [2.05, 4.69) is 5.10 Å². The van der Waals surface area contributed by atoms with Gasteiger partial charge in [0, 0.05) is 5.39 Å². The van der Waals surface area contributed by atoms with Crippen LogP contribution >= 0.6 is 0 Å². The highest BCUT2D eigenvalue weighted by Crippen LogP contribution is 2.36. The van der Waals surface area contributed by atoms with Crippen LogP contribution < -0.4 is 10.3 Å². The van der Waals surface area contributed by atoms with Crippen LogP contribution in [0.5, 0.6) is 0 Å². The second-order valence-corrected chi connectivity index (χ2v) is 6.80. The summed E-state index contributed by atoms with van der Waals surface area (Å²) in [6.45, 7) is 7.93. The topological polar surface area (TPSA) is 71.8 Å². The fraction of sp³-hybridized carbons (Fsp3) is 0.500. The van der Waals surface area contributed by atoms with Crippen LogP contribution in [0.3, 0.4) is 0 Å². The van der Waals surface area contributed by atoms with Gasteiger partial charge in [-0.3, -0.25) is 0 Å². The molecular weight excluding hydrogens is 311 g/mol. The molecule has 0 N–H and O–H groups in total. The van der Waals surface area contributed by atoms with Crippen molar-refractivity contribution in [3.63, 3.8) is 0 Å². The molecule has 0 unspecified atom stereocenters. The first-order valence-electron chi connectivity index (χ1n) is 7.70. The third-order valence-corrected chi connectivity index (χ3v) is 4.73. The number of carbonyl (C=O) groups is 1. The number of rotatable bonds is 3. The van der Waals surface area contributed by atoms with Crippen molar-refractivity contribution in [3.8, 4) is 0 Å². The lowest BCUT2D eigenvalue weighted by molar-refractivity contribution is 0.00578. The van der Waals surface area contributed by atoms with Gasteiger partial charge in [-0.1, -0.05) is 6.07 Å². The Morgan fingerprint density at radius 1 is 1.17 bits per heavy atom. The first kappa shape index (κ1) is 16.8. The van der Waals surface area contributed by atoms with Crippen molar-refractivity contribution in [2.45, 2.75) is 38.9 Å². The maximum absolute atomic E-state index is 12.2. The summed E-state index contributed by atoms with van der Waals surface area (Å²) in [5.74, 6) is -0.472. The molecule has 0 radical (unpaired) electrons. The standard InChI is InChI=1S/C16H21BN2O5/c1-15(2)16(3,4)24-17(23-15)11-7-10-9-19(22-6)18-13(10)12(8-11)14(20)21-5/h7-9H,1-6H3. The number of carbonyl (C=O) groups excluding carboxylic acids is 1. The zero-order chi connectivity index (χ0) is 17.7. The lowest BCUT2D eigenvalue weighted by Crippen LogP contribution is -2.41. The number of fused-ring (bicyclic) bond motifs is 1. The lowest BCUT2D eigenvalue weighted by atomic mass is 9.77. The van der Waals surface area contributed by atoms with E-state index >= 15 is 0 Å². The van der Waals surface area contributed by atoms with Gasteiger partial charge in [-0.15, -0.1) is 9.94 Å². The highest BCUT2D eigenvalue weighted by Gasteiger charge is 2.51. The van der Waals surface area contributed by atoms with Gasteiger partial charge in [0.2, 0.25) is 0 Å². The zero-order valence-electron chi connectivity index (χ0n) is 14.7. The number of nitrogens with zero attached hydrogens (tertiary/aromatic N) is 2. The molecule has 0 amide bonds. The van der Waals surface area contributed by atoms with E-state index in [4.69, 9.17) is 18.9 Å². The van der Waals surface area contributed by atoms with Gasteiger partial charge >= 0.3 is 13.1 Å². The van der Waals surface area contributed by atoms with Crippen LogP contribution in [0.2, 0.25) is 0 Å². The Hall–Kier alpha value is -2.06. The highest BCUT2D eigenvalue weighted by atomic mass is 16.7. The molecule has 1 aliphatic heterocycles. The third kappa shape index (κ3) is 2.55. The van der Waals surface area contributed by atoms with Gasteiger partial charge in [-0.2, -0.15) is 0 Å². The molecule has 1 fully saturated rings. The van der Waals surface area contributed by atoms with Crippen molar-refractivity contribution in [1.29, 1.82) is 0 Å². The number of esters is 1. The van der Waals surface area contributed by atoms with Gasteiger partial charge in [0.1, 0.15) is 12.6 Å². The van der Waals surface area contributed by atoms with Crippen LogP contribution in [-0.2, 0) is 14.0 Å². The number of benzene rings is 1. The predicted molar refractivity (Wildman–Crippen MR) is 89.3 cm³/mol. The summed E-state index contributed by atoms with van der Waals surface area (Å²) in [6, 6.07) is 3.58. The molecule has 1 aromatic heterocycles. The quantitative estimate of drug-likeness (QED) is 0.621. The molecule has 24 heavy (non-hydrogen) atoms. The van der Waals surface area contributed by atoms with Gasteiger partial charge < -0.3 is 18.9 Å². The van der Waals surface area contributed by atoms with Gasteiger partial charge in [-0.25, -0.2) is 4.79 Å². The molecule has 0 atom stereocenters. The van der Waals surface area contributed by atoms with E-state index in [0.717, 1.165) is 10.8 Å². The van der Waals surface area contributed by atoms with Crippen LogP contribution in [-0.4, -0.2) is 48.5 Å². The normalized spacial score (nSPS) is 18.8. The molecule has 0 bridgehead atoms. The molecule has 7 nitrogen and oxygen atoms in total. The molecule has 128 valence electrons. The molecule has 2 heterocycles. The number of hydrogen-bond acceptors (Lipinski definition) is 6. The SMILES string of the molecule is COC(=O)c1cc(B2OC(C)(C)C(C)(C)O2)cc2cn(OC)nc12. The summed E-state index contributed by atoms with van der Waals surface area (Å²) < 4.78 is 17.0. The molecule has 2 aromatic rings. The molecule has 1 saturated heterocycles. The fourth-order valence-electron chi connectivity index (χ4n) is 2.61. The van der Waals surface area contributed by atoms with E-state index in [1.807, 2.05) is 33.8 Å². The van der Waals surface area contributed by atoms with E-state index in [9.17, 15) is 4.79 Å². The van der Waals surface area contributed by atoms with Crippen molar-refractivity contribution >= 4 is 29.5 Å². The maximum atomic E-state index is 12.2. The smallest absolute Gasteiger partial charge is 0.465 e. The number of methoxy groups -OCH3 is 1. The number of hydrogen-bond donors (Lipinski definition) is 0. The molecule has 0 aliphatic carbocycles. The van der Waals surface area contributed by atoms with Crippen LogP contribution in [0, 0.1) is 0 Å². The Bertz CT molecular complexity index is 783. The second-order valence-electron chi connectivity index (χ2n) is 6.80. The Labute approximate surface area is 140 Å². The zero-order valence-corrected chi connectivity index (χ0v) is 14.7. The summed E-state index contributed by atoms with van der Waals surface area (Å²) in [6.07, 6.45) is 1.69. The number of aromatic nitrogens is 2. The van der Waals surface area contributed by atoms with Gasteiger partial charge in [0.25, 0.3) is 0 Å². The minimum Gasteiger partial charge on any atom is -0.465 e. The molecule has 1 aromatic carbocycles. The largest absolute Gasteiger partial charge is 0.494 e. The van der Waals surface area contributed by atoms with Gasteiger partial charge in [0.15, 0.2) is 0 Å². The van der Waals surface area contributed by atoms with E-state index in [1.165, 1.54) is 19.1 Å². The minimum absolute atomic E-state index is 0.343. The molecule has 0 spiro atoms. The van der Waals surface area contributed by atoms with Crippen LogP contribution in [0.4, 0.5) is 0 Å². The van der Waals surface area contributed by atoms with Crippen molar-refractivity contribution < 1.29 is 23.7 Å². The van der Waals surface area contributed by atoms with Gasteiger partial charge in [-0.05, 0) is 39.2 Å². The van der Waals surface area contributed by atoms with E-state index < -0.39 is 24.3 Å². The molecule has 0 saturated carbocycles. The van der Waals surface area contributed by atoms with Crippen LogP contribution in [0.1, 0.15) is 38.1 Å². The summed E-state index contributed by atoms with van der Waals surface area (Å²) >= 11 is 0. The monoisotopic (exact) mass is 332 g/mol. The fourth-order valence-corrected chi connectivity index (χ4v) is 2.61. The molecule has 1 aliphatic rings. The average Bonchev–Trinajstić information content (AvgIpc) is 3.03. The molecular formula is C16H21BN2O5. The van der Waals surface area contributed by atoms with Crippen molar-refractivity contribution in [3.05, 3.63) is 23.9 Å². The Kier molecular flexibility index (Phi) is 3.84. The summed E-state index contributed by atoms with van der Waals surface area (Å²) in [5.41, 5.74) is 0.653. The second kappa shape index (κ2) is 5.49. The maximum Gasteiger partial charge on any atom is 0.494 e. The highest BCUT2D eigenvalue weighted by molar-refractivity contribution is 6.62. The Morgan fingerprint density at radius 2 is 1.79 bits per heavy atom. The Balaban J connectivity index is 2.11. The average molecular weight is 332 g/mol. The molecule has 8 heteroatoms. The minimum atomic E-state index is -0.575. The van der Waals surface area contributed by atoms with Crippen molar-refractivity contribution in [2.24, 2.45) is 0 Å². The number of ether oxygens (including phenoxy) is 1. The first-order valence-corrected chi connectivity index (χ1v) is 7.70. The first-order chi connectivity index (χ1) is 11.2. The lowest BCUT2D eigenvalue weighted by Gasteiger charge is -2.32.